The quantitative estimate of drug-likeness (QED) is 0.536. The summed E-state index contributed by atoms with van der Waals surface area (Å²) < 4.78 is 26.2. The van der Waals surface area contributed by atoms with Crippen LogP contribution >= 0.6 is 0 Å². The van der Waals surface area contributed by atoms with E-state index in [1.54, 1.807) is 24.3 Å². The van der Waals surface area contributed by atoms with Crippen LogP contribution in [0.25, 0.3) is 0 Å². The normalized spacial score (nSPS) is 18.2. The smallest absolute Gasteiger partial charge is 0.272 e. The van der Waals surface area contributed by atoms with Gasteiger partial charge in [-0.1, -0.05) is 24.1 Å². The third-order valence-corrected chi connectivity index (χ3v) is 7.14. The molecule has 30 heavy (non-hydrogen) atoms. The molecule has 1 N–H and O–H groups in total. The van der Waals surface area contributed by atoms with Crippen molar-refractivity contribution in [1.29, 1.82) is 0 Å². The number of hydrazone groups is 1. The fourth-order valence-corrected chi connectivity index (χ4v) is 5.18. The third-order valence-electron chi connectivity index (χ3n) is 4.95. The highest BCUT2D eigenvalue weighted by molar-refractivity contribution is 7.92. The summed E-state index contributed by atoms with van der Waals surface area (Å²) in [6.07, 6.45) is 2.32. The van der Waals surface area contributed by atoms with Crippen molar-refractivity contribution in [2.75, 3.05) is 5.43 Å². The lowest BCUT2D eigenvalue weighted by Gasteiger charge is -2.24. The molecule has 0 saturated heterocycles. The minimum absolute atomic E-state index is 0.0462. The molecule has 11 heteroatoms. The van der Waals surface area contributed by atoms with Gasteiger partial charge in [-0.05, 0) is 44.4 Å². The molecule has 0 aliphatic heterocycles. The summed E-state index contributed by atoms with van der Waals surface area (Å²) in [6.45, 7) is 1.87. The summed E-state index contributed by atoms with van der Waals surface area (Å²) in [4.78, 5) is 20.9. The van der Waals surface area contributed by atoms with Crippen LogP contribution in [0.3, 0.4) is 0 Å². The predicted molar refractivity (Wildman–Crippen MR) is 111 cm³/mol. The highest BCUT2D eigenvalue weighted by atomic mass is 32.2. The van der Waals surface area contributed by atoms with Crippen LogP contribution in [0.15, 0.2) is 52.5 Å². The minimum Gasteiger partial charge on any atom is -0.272 e. The van der Waals surface area contributed by atoms with E-state index >= 15 is 0 Å². The molecular formula is C19H20N4O6S. The first-order valence-electron chi connectivity index (χ1n) is 9.26. The molecule has 10 nitrogen and oxygen atoms in total. The summed E-state index contributed by atoms with van der Waals surface area (Å²) in [7, 11) is -3.67. The van der Waals surface area contributed by atoms with Crippen LogP contribution in [-0.4, -0.2) is 29.2 Å². The van der Waals surface area contributed by atoms with Crippen LogP contribution in [0, 0.1) is 27.2 Å². The largest absolute Gasteiger partial charge is 0.301 e. The molecule has 0 radical (unpaired) electrons. The van der Waals surface area contributed by atoms with Crippen LogP contribution in [0.4, 0.5) is 17.1 Å². The number of nitro benzene ring substituents is 2. The summed E-state index contributed by atoms with van der Waals surface area (Å²) in [6, 6.07) is 9.72. The van der Waals surface area contributed by atoms with Crippen LogP contribution < -0.4 is 5.43 Å². The highest BCUT2D eigenvalue weighted by Gasteiger charge is 2.34. The van der Waals surface area contributed by atoms with Crippen molar-refractivity contribution < 1.29 is 18.3 Å². The van der Waals surface area contributed by atoms with Gasteiger partial charge in [-0.3, -0.25) is 25.7 Å². The van der Waals surface area contributed by atoms with E-state index in [-0.39, 0.29) is 10.6 Å². The number of nitrogens with one attached hydrogen (secondary N) is 1. The third kappa shape index (κ3) is 4.46. The van der Waals surface area contributed by atoms with Crippen molar-refractivity contribution in [3.8, 4) is 0 Å². The van der Waals surface area contributed by atoms with Crippen molar-refractivity contribution in [3.05, 3.63) is 68.3 Å². The molecule has 1 aliphatic carbocycles. The van der Waals surface area contributed by atoms with Gasteiger partial charge in [-0.2, -0.15) is 5.10 Å². The number of rotatable bonds is 6. The summed E-state index contributed by atoms with van der Waals surface area (Å²) in [5.41, 5.74) is 2.90. The van der Waals surface area contributed by atoms with Gasteiger partial charge in [0.25, 0.3) is 5.69 Å². The molecule has 2 aromatic rings. The Morgan fingerprint density at radius 1 is 1.03 bits per heavy atom. The van der Waals surface area contributed by atoms with E-state index in [4.69, 9.17) is 0 Å². The number of anilines is 1. The molecule has 3 rings (SSSR count). The van der Waals surface area contributed by atoms with Crippen molar-refractivity contribution in [3.63, 3.8) is 0 Å². The second kappa shape index (κ2) is 8.57. The number of non-ortho nitro benzene ring substituents is 1. The van der Waals surface area contributed by atoms with E-state index in [9.17, 15) is 28.6 Å². The Balaban J connectivity index is 1.93. The maximum atomic E-state index is 13.1. The number of benzene rings is 2. The number of nitro groups is 2. The van der Waals surface area contributed by atoms with Crippen LogP contribution in [0.1, 0.15) is 31.2 Å². The molecule has 0 aromatic heterocycles. The first kappa shape index (κ1) is 21.4. The molecule has 2 aromatic carbocycles. The molecule has 0 heterocycles. The topological polar surface area (TPSA) is 145 Å². The Morgan fingerprint density at radius 2 is 1.73 bits per heavy atom. The number of aryl methyl sites for hydroxylation is 1. The van der Waals surface area contributed by atoms with E-state index in [1.165, 1.54) is 6.07 Å². The van der Waals surface area contributed by atoms with Crippen LogP contribution in [0.5, 0.6) is 0 Å². The zero-order valence-corrected chi connectivity index (χ0v) is 17.0. The molecule has 0 spiro atoms. The Kier molecular flexibility index (Phi) is 6.11. The number of hydrogen-bond acceptors (Lipinski definition) is 8. The standard InChI is InChI=1S/C19H20N4O6S/c1-13-6-9-15(10-7-13)30(28,29)19-5-3-2-4-17(19)21-20-16-11-8-14(22(24)25)12-18(16)23(26)27/h6-12,19-20H,2-5H2,1H3/b21-17+/t19-/m0/s1. The van der Waals surface area contributed by atoms with Gasteiger partial charge < -0.3 is 0 Å². The second-order valence-electron chi connectivity index (χ2n) is 7.02. The van der Waals surface area contributed by atoms with Gasteiger partial charge in [-0.15, -0.1) is 0 Å². The maximum Gasteiger partial charge on any atom is 0.301 e. The van der Waals surface area contributed by atoms with Crippen LogP contribution in [0.2, 0.25) is 0 Å². The van der Waals surface area contributed by atoms with E-state index in [2.05, 4.69) is 10.5 Å². The fourth-order valence-electron chi connectivity index (χ4n) is 3.33. The minimum atomic E-state index is -3.67. The molecule has 1 aliphatic rings. The average Bonchev–Trinajstić information content (AvgIpc) is 2.72. The molecule has 0 bridgehead atoms. The first-order valence-corrected chi connectivity index (χ1v) is 10.8. The Bertz CT molecular complexity index is 1110. The van der Waals surface area contributed by atoms with Crippen molar-refractivity contribution in [2.45, 2.75) is 42.8 Å². The average molecular weight is 432 g/mol. The van der Waals surface area contributed by atoms with Gasteiger partial charge >= 0.3 is 5.69 Å². The molecule has 1 saturated carbocycles. The zero-order valence-electron chi connectivity index (χ0n) is 16.1. The molecule has 0 unspecified atom stereocenters. The zero-order chi connectivity index (χ0) is 21.9. The van der Waals surface area contributed by atoms with E-state index < -0.39 is 36.3 Å². The Morgan fingerprint density at radius 3 is 2.37 bits per heavy atom. The SMILES string of the molecule is Cc1ccc(S(=O)(=O)[C@H]2CCCC/C2=N\Nc2ccc([N+](=O)[O-])cc2[N+](=O)[O-])cc1. The Labute approximate surface area is 172 Å². The lowest BCUT2D eigenvalue weighted by molar-refractivity contribution is -0.393. The maximum absolute atomic E-state index is 13.1. The monoisotopic (exact) mass is 432 g/mol. The van der Waals surface area contributed by atoms with Crippen LogP contribution in [-0.2, 0) is 9.84 Å². The first-order chi connectivity index (χ1) is 14.2. The lowest BCUT2D eigenvalue weighted by Crippen LogP contribution is -2.34. The van der Waals surface area contributed by atoms with Gasteiger partial charge in [0, 0.05) is 6.07 Å². The van der Waals surface area contributed by atoms with E-state index in [0.717, 1.165) is 30.5 Å². The number of sulfone groups is 1. The number of nitrogens with zero attached hydrogens (tertiary/aromatic N) is 3. The molecule has 1 atom stereocenters. The number of hydrogen-bond donors (Lipinski definition) is 1. The summed E-state index contributed by atoms with van der Waals surface area (Å²) in [5.74, 6) is 0. The lowest BCUT2D eigenvalue weighted by atomic mass is 9.98. The van der Waals surface area contributed by atoms with E-state index in [1.807, 2.05) is 6.92 Å². The summed E-state index contributed by atoms with van der Waals surface area (Å²) >= 11 is 0. The van der Waals surface area contributed by atoms with Gasteiger partial charge in [0.05, 0.1) is 26.5 Å². The molecule has 158 valence electrons. The molecular weight excluding hydrogens is 412 g/mol. The van der Waals surface area contributed by atoms with Gasteiger partial charge in [0.15, 0.2) is 9.84 Å². The van der Waals surface area contributed by atoms with Crippen molar-refractivity contribution in [2.24, 2.45) is 5.10 Å². The predicted octanol–water partition coefficient (Wildman–Crippen LogP) is 4.00. The fraction of sp³-hybridized carbons (Fsp3) is 0.316. The van der Waals surface area contributed by atoms with Crippen molar-refractivity contribution in [1.82, 2.24) is 0 Å². The van der Waals surface area contributed by atoms with Gasteiger partial charge in [0.2, 0.25) is 0 Å². The second-order valence-corrected chi connectivity index (χ2v) is 9.15. The highest BCUT2D eigenvalue weighted by Crippen LogP contribution is 2.31. The van der Waals surface area contributed by atoms with E-state index in [0.29, 0.717) is 18.6 Å². The van der Waals surface area contributed by atoms with Gasteiger partial charge in [-0.25, -0.2) is 8.42 Å². The van der Waals surface area contributed by atoms with Crippen molar-refractivity contribution >= 4 is 32.6 Å². The molecule has 1 fully saturated rings. The summed E-state index contributed by atoms with van der Waals surface area (Å²) in [5, 5.41) is 25.5. The Hall–Kier alpha value is -3.34. The van der Waals surface area contributed by atoms with Gasteiger partial charge in [0.1, 0.15) is 10.9 Å². The molecule has 0 amide bonds.